The molecular formula is C17H15N3O4. The second-order valence-corrected chi connectivity index (χ2v) is 5.19. The molecular weight excluding hydrogens is 310 g/mol. The maximum absolute atomic E-state index is 5.36. The van der Waals surface area contributed by atoms with Crippen LogP contribution in [0.1, 0.15) is 5.56 Å². The van der Waals surface area contributed by atoms with Crippen molar-refractivity contribution in [2.75, 3.05) is 19.2 Å². The van der Waals surface area contributed by atoms with Gasteiger partial charge in [0, 0.05) is 12.1 Å². The van der Waals surface area contributed by atoms with E-state index < -0.39 is 0 Å². The van der Waals surface area contributed by atoms with Gasteiger partial charge in [0.05, 0.1) is 7.11 Å². The Bertz CT molecular complexity index is 845. The Labute approximate surface area is 138 Å². The predicted octanol–water partition coefficient (Wildman–Crippen LogP) is 3.09. The van der Waals surface area contributed by atoms with Crippen LogP contribution in [0, 0.1) is 0 Å². The number of hydrogen-bond donors (Lipinski definition) is 1. The topological polar surface area (TPSA) is 78.6 Å². The Hall–Kier alpha value is -3.22. The fraction of sp³-hybridized carbons (Fsp3) is 0.176. The second kappa shape index (κ2) is 6.11. The molecule has 2 heterocycles. The number of benzene rings is 2. The molecule has 24 heavy (non-hydrogen) atoms. The van der Waals surface area contributed by atoms with Crippen LogP contribution in [0.3, 0.4) is 0 Å². The van der Waals surface area contributed by atoms with Gasteiger partial charge >= 0.3 is 6.01 Å². The van der Waals surface area contributed by atoms with Gasteiger partial charge in [0.2, 0.25) is 12.6 Å². The van der Waals surface area contributed by atoms with Crippen LogP contribution in [0.2, 0.25) is 0 Å². The summed E-state index contributed by atoms with van der Waals surface area (Å²) in [5, 5.41) is 7.08. The molecule has 7 heteroatoms. The number of methoxy groups -OCH3 is 1. The normalized spacial score (nSPS) is 12.2. The molecule has 0 unspecified atom stereocenters. The molecule has 0 fully saturated rings. The summed E-state index contributed by atoms with van der Waals surface area (Å²) in [6.07, 6.45) is 0. The molecule has 2 aromatic carbocycles. The number of nitrogens with one attached hydrogen (secondary N) is 1. The number of ether oxygens (including phenoxy) is 3. The van der Waals surface area contributed by atoms with Crippen molar-refractivity contribution in [3.8, 4) is 28.6 Å². The molecule has 1 N–H and O–H groups in total. The van der Waals surface area contributed by atoms with E-state index in [0.717, 1.165) is 28.4 Å². The maximum Gasteiger partial charge on any atom is 0.322 e. The molecule has 0 saturated carbocycles. The van der Waals surface area contributed by atoms with Gasteiger partial charge in [-0.05, 0) is 42.0 Å². The smallest absolute Gasteiger partial charge is 0.322 e. The van der Waals surface area contributed by atoms with E-state index in [1.54, 1.807) is 7.11 Å². The Morgan fingerprint density at radius 2 is 1.92 bits per heavy atom. The van der Waals surface area contributed by atoms with Crippen LogP contribution in [-0.4, -0.2) is 24.0 Å². The van der Waals surface area contributed by atoms with Crippen LogP contribution in [0.25, 0.3) is 11.4 Å². The molecule has 3 aromatic rings. The molecule has 1 aliphatic rings. The highest BCUT2D eigenvalue weighted by Gasteiger charge is 2.14. The van der Waals surface area contributed by atoms with Crippen molar-refractivity contribution in [2.45, 2.75) is 6.54 Å². The third kappa shape index (κ3) is 2.83. The summed E-state index contributed by atoms with van der Waals surface area (Å²) in [7, 11) is 1.63. The Morgan fingerprint density at radius 3 is 2.75 bits per heavy atom. The van der Waals surface area contributed by atoms with Crippen LogP contribution in [0.4, 0.5) is 6.01 Å². The molecule has 7 nitrogen and oxygen atoms in total. The zero-order valence-corrected chi connectivity index (χ0v) is 13.0. The lowest BCUT2D eigenvalue weighted by molar-refractivity contribution is 0.174. The molecule has 0 aliphatic carbocycles. The Morgan fingerprint density at radius 1 is 1.08 bits per heavy atom. The monoisotopic (exact) mass is 325 g/mol. The van der Waals surface area contributed by atoms with Gasteiger partial charge in [0.15, 0.2) is 11.5 Å². The van der Waals surface area contributed by atoms with E-state index >= 15 is 0 Å². The van der Waals surface area contributed by atoms with E-state index in [1.807, 2.05) is 42.5 Å². The molecule has 0 saturated heterocycles. The van der Waals surface area contributed by atoms with Crippen molar-refractivity contribution in [3.63, 3.8) is 0 Å². The van der Waals surface area contributed by atoms with E-state index in [4.69, 9.17) is 18.7 Å². The van der Waals surface area contributed by atoms with Gasteiger partial charge in [-0.25, -0.2) is 0 Å². The van der Waals surface area contributed by atoms with Crippen molar-refractivity contribution >= 4 is 6.01 Å². The number of rotatable bonds is 5. The van der Waals surface area contributed by atoms with E-state index in [1.165, 1.54) is 0 Å². The highest BCUT2D eigenvalue weighted by molar-refractivity contribution is 5.56. The lowest BCUT2D eigenvalue weighted by Gasteiger charge is -2.03. The van der Waals surface area contributed by atoms with Crippen LogP contribution >= 0.6 is 0 Å². The SMILES string of the molecule is COc1ccc(-c2noc(NCc3ccc4c(c3)OCO4)n2)cc1. The second-order valence-electron chi connectivity index (χ2n) is 5.19. The zero-order valence-electron chi connectivity index (χ0n) is 13.0. The van der Waals surface area contributed by atoms with Crippen molar-refractivity contribution in [2.24, 2.45) is 0 Å². The third-order valence-electron chi connectivity index (χ3n) is 3.65. The molecule has 0 spiro atoms. The fourth-order valence-electron chi connectivity index (χ4n) is 2.38. The predicted molar refractivity (Wildman–Crippen MR) is 86.2 cm³/mol. The summed E-state index contributed by atoms with van der Waals surface area (Å²) in [6, 6.07) is 13.6. The van der Waals surface area contributed by atoms with Crippen LogP contribution in [0.5, 0.6) is 17.2 Å². The average molecular weight is 325 g/mol. The molecule has 4 rings (SSSR count). The summed E-state index contributed by atoms with van der Waals surface area (Å²) in [6.45, 7) is 0.808. The quantitative estimate of drug-likeness (QED) is 0.772. The molecule has 0 radical (unpaired) electrons. The number of anilines is 1. The molecule has 1 aromatic heterocycles. The minimum Gasteiger partial charge on any atom is -0.497 e. The summed E-state index contributed by atoms with van der Waals surface area (Å²) in [5.41, 5.74) is 1.89. The maximum atomic E-state index is 5.36. The van der Waals surface area contributed by atoms with Crippen molar-refractivity contribution in [1.82, 2.24) is 10.1 Å². The molecule has 1 aliphatic heterocycles. The standard InChI is InChI=1S/C17H15N3O4/c1-21-13-5-3-12(4-6-13)16-19-17(24-20-16)18-9-11-2-7-14-15(8-11)23-10-22-14/h2-8H,9-10H2,1H3,(H,18,19,20). The summed E-state index contributed by atoms with van der Waals surface area (Å²) in [4.78, 5) is 4.34. The van der Waals surface area contributed by atoms with Gasteiger partial charge in [0.25, 0.3) is 0 Å². The number of nitrogens with zero attached hydrogens (tertiary/aromatic N) is 2. The first kappa shape index (κ1) is 14.4. The van der Waals surface area contributed by atoms with Gasteiger partial charge in [0.1, 0.15) is 5.75 Å². The summed E-state index contributed by atoms with van der Waals surface area (Å²) >= 11 is 0. The molecule has 122 valence electrons. The zero-order chi connectivity index (χ0) is 16.4. The van der Waals surface area contributed by atoms with Gasteiger partial charge in [-0.3, -0.25) is 0 Å². The van der Waals surface area contributed by atoms with Gasteiger partial charge in [-0.15, -0.1) is 0 Å². The minimum atomic E-state index is 0.265. The van der Waals surface area contributed by atoms with Crippen LogP contribution < -0.4 is 19.5 Å². The average Bonchev–Trinajstić information content (AvgIpc) is 3.29. The van der Waals surface area contributed by atoms with Gasteiger partial charge in [-0.1, -0.05) is 11.2 Å². The number of hydrogen-bond acceptors (Lipinski definition) is 7. The first-order chi connectivity index (χ1) is 11.8. The van der Waals surface area contributed by atoms with E-state index in [2.05, 4.69) is 15.5 Å². The van der Waals surface area contributed by atoms with Gasteiger partial charge < -0.3 is 24.1 Å². The summed E-state index contributed by atoms with van der Waals surface area (Å²) < 4.78 is 21.0. The van der Waals surface area contributed by atoms with Crippen LogP contribution in [0.15, 0.2) is 47.0 Å². The highest BCUT2D eigenvalue weighted by Crippen LogP contribution is 2.32. The fourth-order valence-corrected chi connectivity index (χ4v) is 2.38. The largest absolute Gasteiger partial charge is 0.497 e. The first-order valence-corrected chi connectivity index (χ1v) is 7.42. The lowest BCUT2D eigenvalue weighted by Crippen LogP contribution is -1.99. The van der Waals surface area contributed by atoms with E-state index in [0.29, 0.717) is 18.4 Å². The third-order valence-corrected chi connectivity index (χ3v) is 3.65. The van der Waals surface area contributed by atoms with Crippen molar-refractivity contribution in [3.05, 3.63) is 48.0 Å². The lowest BCUT2D eigenvalue weighted by atomic mass is 10.2. The first-order valence-electron chi connectivity index (χ1n) is 7.42. The van der Waals surface area contributed by atoms with E-state index in [-0.39, 0.29) is 6.79 Å². The minimum absolute atomic E-state index is 0.265. The van der Waals surface area contributed by atoms with Gasteiger partial charge in [-0.2, -0.15) is 4.98 Å². The number of aromatic nitrogens is 2. The molecule has 0 bridgehead atoms. The molecule has 0 amide bonds. The molecule has 0 atom stereocenters. The Balaban J connectivity index is 1.43. The highest BCUT2D eigenvalue weighted by atomic mass is 16.7. The number of fused-ring (bicyclic) bond motifs is 1. The van der Waals surface area contributed by atoms with E-state index in [9.17, 15) is 0 Å². The Kier molecular flexibility index (Phi) is 3.66. The summed E-state index contributed by atoms with van der Waals surface area (Å²) in [5.74, 6) is 2.81. The van der Waals surface area contributed by atoms with Crippen LogP contribution in [-0.2, 0) is 6.54 Å². The van der Waals surface area contributed by atoms with Crippen molar-refractivity contribution in [1.29, 1.82) is 0 Å². The van der Waals surface area contributed by atoms with Crippen molar-refractivity contribution < 1.29 is 18.7 Å².